The highest BCUT2D eigenvalue weighted by Gasteiger charge is 2.28. The van der Waals surface area contributed by atoms with Gasteiger partial charge in [-0.2, -0.15) is 0 Å². The minimum absolute atomic E-state index is 0.117. The Morgan fingerprint density at radius 1 is 1.23 bits per heavy atom. The van der Waals surface area contributed by atoms with Gasteiger partial charge in [0.1, 0.15) is 5.69 Å². The Labute approximate surface area is 162 Å². The number of hydrogen-bond donors (Lipinski definition) is 0. The summed E-state index contributed by atoms with van der Waals surface area (Å²) in [6, 6.07) is 5.50. The van der Waals surface area contributed by atoms with E-state index in [1.807, 2.05) is 15.9 Å². The van der Waals surface area contributed by atoms with Crippen LogP contribution in [0.5, 0.6) is 0 Å². The van der Waals surface area contributed by atoms with Gasteiger partial charge in [-0.05, 0) is 38.3 Å². The first-order chi connectivity index (χ1) is 12.5. The summed E-state index contributed by atoms with van der Waals surface area (Å²) in [5, 5.41) is 11.3. The van der Waals surface area contributed by atoms with Crippen molar-refractivity contribution in [2.75, 3.05) is 44.2 Å². The molecule has 1 unspecified atom stereocenters. The van der Waals surface area contributed by atoms with E-state index in [9.17, 15) is 14.9 Å². The van der Waals surface area contributed by atoms with Crippen LogP contribution in [-0.4, -0.2) is 65.9 Å². The van der Waals surface area contributed by atoms with E-state index in [-0.39, 0.29) is 16.5 Å². The van der Waals surface area contributed by atoms with Gasteiger partial charge < -0.3 is 9.80 Å². The van der Waals surface area contributed by atoms with Crippen LogP contribution in [0.1, 0.15) is 26.2 Å². The molecule has 0 saturated carbocycles. The number of nitrogens with zero attached hydrogens (tertiary/aromatic N) is 4. The van der Waals surface area contributed by atoms with Crippen molar-refractivity contribution in [2.24, 2.45) is 0 Å². The van der Waals surface area contributed by atoms with E-state index in [0.717, 1.165) is 32.5 Å². The average Bonchev–Trinajstić information content (AvgIpc) is 2.62. The van der Waals surface area contributed by atoms with Gasteiger partial charge in [-0.3, -0.25) is 19.8 Å². The molecule has 0 aliphatic carbocycles. The van der Waals surface area contributed by atoms with Gasteiger partial charge in [0.25, 0.3) is 5.69 Å². The van der Waals surface area contributed by atoms with E-state index in [0.29, 0.717) is 35.8 Å². The molecule has 26 heavy (non-hydrogen) atoms. The first-order valence-corrected chi connectivity index (χ1v) is 9.95. The third-order valence-corrected chi connectivity index (χ3v) is 5.82. The van der Waals surface area contributed by atoms with Crippen molar-refractivity contribution >= 4 is 33.2 Å². The summed E-state index contributed by atoms with van der Waals surface area (Å²) in [5.41, 5.74) is 0.764. The van der Waals surface area contributed by atoms with Crippen LogP contribution < -0.4 is 4.90 Å². The fraction of sp³-hybridized carbons (Fsp3) is 0.611. The second-order valence-electron chi connectivity index (χ2n) is 7.09. The number of likely N-dealkylation sites (tertiary alicyclic amines) is 1. The fourth-order valence-electron chi connectivity index (χ4n) is 3.81. The van der Waals surface area contributed by atoms with Crippen LogP contribution in [-0.2, 0) is 4.79 Å². The molecular formula is C18H25BrN4O3. The number of nitro benzene ring substituents is 1. The molecule has 7 nitrogen and oxygen atoms in total. The van der Waals surface area contributed by atoms with E-state index in [2.05, 4.69) is 27.8 Å². The lowest BCUT2D eigenvalue weighted by Gasteiger charge is -2.38. The molecule has 142 valence electrons. The normalized spacial score (nSPS) is 21.7. The lowest BCUT2D eigenvalue weighted by atomic mass is 10.0. The zero-order valence-corrected chi connectivity index (χ0v) is 16.7. The van der Waals surface area contributed by atoms with Gasteiger partial charge in [-0.1, -0.05) is 15.9 Å². The summed E-state index contributed by atoms with van der Waals surface area (Å²) in [6.45, 7) is 6.28. The van der Waals surface area contributed by atoms with Crippen molar-refractivity contribution in [3.05, 3.63) is 32.8 Å². The quantitative estimate of drug-likeness (QED) is 0.548. The number of amides is 1. The van der Waals surface area contributed by atoms with Gasteiger partial charge in [0.2, 0.25) is 5.91 Å². The van der Waals surface area contributed by atoms with E-state index in [4.69, 9.17) is 0 Å². The molecule has 0 radical (unpaired) electrons. The van der Waals surface area contributed by atoms with E-state index >= 15 is 0 Å². The first-order valence-electron chi connectivity index (χ1n) is 9.16. The minimum Gasteiger partial charge on any atom is -0.363 e. The van der Waals surface area contributed by atoms with Crippen LogP contribution in [0.2, 0.25) is 0 Å². The Morgan fingerprint density at radius 2 is 1.96 bits per heavy atom. The Morgan fingerprint density at radius 3 is 2.62 bits per heavy atom. The molecule has 8 heteroatoms. The monoisotopic (exact) mass is 424 g/mol. The maximum atomic E-state index is 12.6. The molecule has 2 fully saturated rings. The van der Waals surface area contributed by atoms with Gasteiger partial charge in [0.15, 0.2) is 0 Å². The number of rotatable bonds is 4. The molecular weight excluding hydrogens is 400 g/mol. The average molecular weight is 425 g/mol. The number of carbonyl (C=O) groups is 1. The van der Waals surface area contributed by atoms with Crippen molar-refractivity contribution in [1.82, 2.24) is 9.80 Å². The summed E-state index contributed by atoms with van der Waals surface area (Å²) < 4.78 is 0.702. The third-order valence-electron chi connectivity index (χ3n) is 5.33. The maximum absolute atomic E-state index is 12.6. The lowest BCUT2D eigenvalue weighted by Crippen LogP contribution is -2.52. The van der Waals surface area contributed by atoms with Crippen LogP contribution in [0.4, 0.5) is 11.4 Å². The Bertz CT molecular complexity index is 676. The zero-order chi connectivity index (χ0) is 18.7. The van der Waals surface area contributed by atoms with E-state index < -0.39 is 0 Å². The van der Waals surface area contributed by atoms with Crippen molar-refractivity contribution in [2.45, 2.75) is 32.2 Å². The van der Waals surface area contributed by atoms with Crippen LogP contribution in [0.15, 0.2) is 22.7 Å². The van der Waals surface area contributed by atoms with E-state index in [1.54, 1.807) is 12.1 Å². The molecule has 0 N–H and O–H groups in total. The molecule has 0 spiro atoms. The standard InChI is InChI=1S/C18H25BrN4O3/c1-14-4-2-3-7-22(14)18(24)13-20-8-10-21(11-9-20)16-6-5-15(19)12-17(16)23(25)26/h5-6,12,14H,2-4,7-11,13H2,1H3. The van der Waals surface area contributed by atoms with Crippen LogP contribution in [0.3, 0.4) is 0 Å². The van der Waals surface area contributed by atoms with Crippen LogP contribution in [0, 0.1) is 10.1 Å². The molecule has 1 atom stereocenters. The van der Waals surface area contributed by atoms with Gasteiger partial charge in [0, 0.05) is 49.3 Å². The molecule has 1 amide bonds. The number of hydrogen-bond acceptors (Lipinski definition) is 5. The van der Waals surface area contributed by atoms with Crippen molar-refractivity contribution in [3.8, 4) is 0 Å². The van der Waals surface area contributed by atoms with Crippen molar-refractivity contribution in [3.63, 3.8) is 0 Å². The number of nitro groups is 1. The highest BCUT2D eigenvalue weighted by molar-refractivity contribution is 9.10. The molecule has 2 heterocycles. The second kappa shape index (κ2) is 8.35. The predicted molar refractivity (Wildman–Crippen MR) is 104 cm³/mol. The third kappa shape index (κ3) is 4.35. The molecule has 0 bridgehead atoms. The van der Waals surface area contributed by atoms with Crippen LogP contribution in [0.25, 0.3) is 0 Å². The van der Waals surface area contributed by atoms with E-state index in [1.165, 1.54) is 6.42 Å². The summed E-state index contributed by atoms with van der Waals surface area (Å²) in [6.07, 6.45) is 3.39. The lowest BCUT2D eigenvalue weighted by molar-refractivity contribution is -0.384. The van der Waals surface area contributed by atoms with Gasteiger partial charge in [-0.25, -0.2) is 0 Å². The molecule has 3 rings (SSSR count). The topological polar surface area (TPSA) is 69.9 Å². The summed E-state index contributed by atoms with van der Waals surface area (Å²) in [5.74, 6) is 0.209. The fourth-order valence-corrected chi connectivity index (χ4v) is 4.16. The number of benzene rings is 1. The molecule has 2 aliphatic heterocycles. The highest BCUT2D eigenvalue weighted by atomic mass is 79.9. The Balaban J connectivity index is 1.58. The minimum atomic E-state index is -0.340. The van der Waals surface area contributed by atoms with Crippen molar-refractivity contribution in [1.29, 1.82) is 0 Å². The number of halogens is 1. The molecule has 2 aliphatic rings. The molecule has 2 saturated heterocycles. The Hall–Kier alpha value is -1.67. The second-order valence-corrected chi connectivity index (χ2v) is 8.00. The zero-order valence-electron chi connectivity index (χ0n) is 15.1. The predicted octanol–water partition coefficient (Wildman–Crippen LogP) is 2.88. The smallest absolute Gasteiger partial charge is 0.293 e. The Kier molecular flexibility index (Phi) is 6.13. The van der Waals surface area contributed by atoms with Crippen molar-refractivity contribution < 1.29 is 9.72 Å². The van der Waals surface area contributed by atoms with Crippen LogP contribution >= 0.6 is 15.9 Å². The SMILES string of the molecule is CC1CCCCN1C(=O)CN1CCN(c2ccc(Br)cc2[N+](=O)[O-])CC1. The summed E-state index contributed by atoms with van der Waals surface area (Å²) in [7, 11) is 0. The van der Waals surface area contributed by atoms with Gasteiger partial charge >= 0.3 is 0 Å². The summed E-state index contributed by atoms with van der Waals surface area (Å²) >= 11 is 3.29. The first kappa shape index (κ1) is 19.1. The summed E-state index contributed by atoms with van der Waals surface area (Å²) in [4.78, 5) is 29.8. The molecule has 1 aromatic carbocycles. The van der Waals surface area contributed by atoms with Gasteiger partial charge in [-0.15, -0.1) is 0 Å². The molecule has 1 aromatic rings. The number of piperidine rings is 1. The largest absolute Gasteiger partial charge is 0.363 e. The number of carbonyl (C=O) groups excluding carboxylic acids is 1. The number of piperazine rings is 1. The maximum Gasteiger partial charge on any atom is 0.293 e. The highest BCUT2D eigenvalue weighted by Crippen LogP contribution is 2.31. The number of anilines is 1. The molecule has 0 aromatic heterocycles. The van der Waals surface area contributed by atoms with Gasteiger partial charge in [0.05, 0.1) is 11.5 Å².